The molecule has 0 bridgehead atoms. The van der Waals surface area contributed by atoms with E-state index in [0.29, 0.717) is 5.02 Å². The Morgan fingerprint density at radius 1 is 1.42 bits per heavy atom. The standard InChI is InChI=1S/C14H17ClFN3/c1-17-13(5-10-8-18-19(2)9-10)6-11-3-4-12(16)7-14(11)15/h3-4,7-9,13,17H,5-6H2,1-2H3. The molecule has 2 rings (SSSR count). The number of nitrogens with zero attached hydrogens (tertiary/aromatic N) is 2. The van der Waals surface area contributed by atoms with Gasteiger partial charge in [-0.25, -0.2) is 4.39 Å². The highest BCUT2D eigenvalue weighted by Crippen LogP contribution is 2.19. The average Bonchev–Trinajstić information content (AvgIpc) is 2.77. The molecule has 0 aliphatic rings. The van der Waals surface area contributed by atoms with Gasteiger partial charge in [-0.2, -0.15) is 5.10 Å². The van der Waals surface area contributed by atoms with Crippen LogP contribution in [0.15, 0.2) is 30.6 Å². The SMILES string of the molecule is CNC(Cc1cnn(C)c1)Cc1ccc(F)cc1Cl. The fourth-order valence-corrected chi connectivity index (χ4v) is 2.34. The Labute approximate surface area is 117 Å². The zero-order chi connectivity index (χ0) is 13.8. The molecule has 0 aliphatic heterocycles. The summed E-state index contributed by atoms with van der Waals surface area (Å²) in [6.45, 7) is 0. The lowest BCUT2D eigenvalue weighted by Gasteiger charge is -2.16. The van der Waals surface area contributed by atoms with E-state index in [0.717, 1.165) is 18.4 Å². The zero-order valence-electron chi connectivity index (χ0n) is 11.0. The predicted molar refractivity (Wildman–Crippen MR) is 74.9 cm³/mol. The summed E-state index contributed by atoms with van der Waals surface area (Å²) in [6, 6.07) is 4.78. The number of hydrogen-bond acceptors (Lipinski definition) is 2. The van der Waals surface area contributed by atoms with Gasteiger partial charge in [-0.15, -0.1) is 0 Å². The molecular formula is C14H17ClFN3. The van der Waals surface area contributed by atoms with E-state index in [4.69, 9.17) is 11.6 Å². The molecule has 3 nitrogen and oxygen atoms in total. The number of nitrogens with one attached hydrogen (secondary N) is 1. The van der Waals surface area contributed by atoms with Crippen LogP contribution < -0.4 is 5.32 Å². The monoisotopic (exact) mass is 281 g/mol. The van der Waals surface area contributed by atoms with E-state index >= 15 is 0 Å². The fraction of sp³-hybridized carbons (Fsp3) is 0.357. The molecule has 1 unspecified atom stereocenters. The van der Waals surface area contributed by atoms with Crippen molar-refractivity contribution in [2.24, 2.45) is 7.05 Å². The topological polar surface area (TPSA) is 29.9 Å². The summed E-state index contributed by atoms with van der Waals surface area (Å²) in [5.41, 5.74) is 2.12. The highest BCUT2D eigenvalue weighted by Gasteiger charge is 2.12. The molecule has 0 fully saturated rings. The average molecular weight is 282 g/mol. The third kappa shape index (κ3) is 3.78. The number of hydrogen-bond donors (Lipinski definition) is 1. The van der Waals surface area contributed by atoms with Crippen LogP contribution in [-0.4, -0.2) is 22.9 Å². The zero-order valence-corrected chi connectivity index (χ0v) is 11.8. The third-order valence-corrected chi connectivity index (χ3v) is 3.48. The lowest BCUT2D eigenvalue weighted by atomic mass is 10.0. The lowest BCUT2D eigenvalue weighted by molar-refractivity contribution is 0.555. The van der Waals surface area contributed by atoms with Crippen molar-refractivity contribution in [1.82, 2.24) is 15.1 Å². The second-order valence-corrected chi connectivity index (χ2v) is 5.06. The van der Waals surface area contributed by atoms with Gasteiger partial charge in [0.15, 0.2) is 0 Å². The molecule has 0 saturated carbocycles. The van der Waals surface area contributed by atoms with Gasteiger partial charge in [0.2, 0.25) is 0 Å². The van der Waals surface area contributed by atoms with Gasteiger partial charge in [-0.05, 0) is 43.1 Å². The minimum absolute atomic E-state index is 0.243. The number of likely N-dealkylation sites (N-methyl/N-ethyl adjacent to an activating group) is 1. The summed E-state index contributed by atoms with van der Waals surface area (Å²) < 4.78 is 14.8. The molecule has 1 aromatic carbocycles. The van der Waals surface area contributed by atoms with Crippen molar-refractivity contribution in [1.29, 1.82) is 0 Å². The van der Waals surface area contributed by atoms with Gasteiger partial charge in [0.05, 0.1) is 6.20 Å². The van der Waals surface area contributed by atoms with Crippen molar-refractivity contribution in [2.75, 3.05) is 7.05 Å². The van der Waals surface area contributed by atoms with E-state index in [1.807, 2.05) is 26.5 Å². The van der Waals surface area contributed by atoms with Crippen LogP contribution in [0.5, 0.6) is 0 Å². The Balaban J connectivity index is 2.06. The van der Waals surface area contributed by atoms with E-state index < -0.39 is 0 Å². The van der Waals surface area contributed by atoms with Crippen molar-refractivity contribution in [3.8, 4) is 0 Å². The molecule has 102 valence electrons. The van der Waals surface area contributed by atoms with Crippen LogP contribution >= 0.6 is 11.6 Å². The van der Waals surface area contributed by atoms with Crippen molar-refractivity contribution < 1.29 is 4.39 Å². The maximum absolute atomic E-state index is 13.0. The molecule has 0 saturated heterocycles. The van der Waals surface area contributed by atoms with E-state index in [1.54, 1.807) is 10.7 Å². The summed E-state index contributed by atoms with van der Waals surface area (Å²) in [5.74, 6) is -0.304. The maximum Gasteiger partial charge on any atom is 0.124 e. The molecule has 1 N–H and O–H groups in total. The first-order valence-corrected chi connectivity index (χ1v) is 6.55. The number of aromatic nitrogens is 2. The summed E-state index contributed by atoms with van der Waals surface area (Å²) in [4.78, 5) is 0. The van der Waals surface area contributed by atoms with Crippen molar-refractivity contribution in [3.05, 3.63) is 52.6 Å². The van der Waals surface area contributed by atoms with E-state index in [9.17, 15) is 4.39 Å². The van der Waals surface area contributed by atoms with Crippen LogP contribution in [0.4, 0.5) is 4.39 Å². The minimum Gasteiger partial charge on any atom is -0.316 e. The number of aryl methyl sites for hydroxylation is 1. The Hall–Kier alpha value is -1.39. The second kappa shape index (κ2) is 6.17. The minimum atomic E-state index is -0.304. The second-order valence-electron chi connectivity index (χ2n) is 4.65. The highest BCUT2D eigenvalue weighted by atomic mass is 35.5. The first kappa shape index (κ1) is 14.0. The van der Waals surface area contributed by atoms with Gasteiger partial charge in [-0.3, -0.25) is 4.68 Å². The first-order chi connectivity index (χ1) is 9.08. The summed E-state index contributed by atoms with van der Waals surface area (Å²) in [6.07, 6.45) is 5.47. The molecule has 5 heteroatoms. The third-order valence-electron chi connectivity index (χ3n) is 3.13. The molecule has 0 amide bonds. The fourth-order valence-electron chi connectivity index (χ4n) is 2.09. The molecule has 19 heavy (non-hydrogen) atoms. The van der Waals surface area contributed by atoms with Crippen molar-refractivity contribution in [2.45, 2.75) is 18.9 Å². The predicted octanol–water partition coefficient (Wildman–Crippen LogP) is 2.59. The molecule has 0 aliphatic carbocycles. The lowest BCUT2D eigenvalue weighted by Crippen LogP contribution is -2.29. The van der Waals surface area contributed by atoms with E-state index in [2.05, 4.69) is 10.4 Å². The Kier molecular flexibility index (Phi) is 4.56. The Bertz CT molecular complexity index is 553. The number of halogens is 2. The van der Waals surface area contributed by atoms with Gasteiger partial charge in [0, 0.05) is 24.3 Å². The van der Waals surface area contributed by atoms with Crippen LogP contribution in [0.25, 0.3) is 0 Å². The van der Waals surface area contributed by atoms with Crippen LogP contribution in [0.1, 0.15) is 11.1 Å². The Morgan fingerprint density at radius 3 is 2.79 bits per heavy atom. The van der Waals surface area contributed by atoms with Crippen molar-refractivity contribution >= 4 is 11.6 Å². The molecule has 1 atom stereocenters. The maximum atomic E-state index is 13.0. The summed E-state index contributed by atoms with van der Waals surface area (Å²) in [5, 5.41) is 7.89. The van der Waals surface area contributed by atoms with Gasteiger partial charge in [-0.1, -0.05) is 17.7 Å². The largest absolute Gasteiger partial charge is 0.316 e. The number of rotatable bonds is 5. The normalized spacial score (nSPS) is 12.6. The molecule has 0 spiro atoms. The molecule has 1 heterocycles. The van der Waals surface area contributed by atoms with Gasteiger partial charge < -0.3 is 5.32 Å². The van der Waals surface area contributed by atoms with Gasteiger partial charge >= 0.3 is 0 Å². The smallest absolute Gasteiger partial charge is 0.124 e. The summed E-state index contributed by atoms with van der Waals surface area (Å²) in [7, 11) is 3.81. The van der Waals surface area contributed by atoms with Crippen LogP contribution in [0, 0.1) is 5.82 Å². The molecule has 2 aromatic rings. The summed E-state index contributed by atoms with van der Waals surface area (Å²) >= 11 is 6.05. The van der Waals surface area contributed by atoms with Crippen LogP contribution in [0.3, 0.4) is 0 Å². The van der Waals surface area contributed by atoms with E-state index in [-0.39, 0.29) is 11.9 Å². The van der Waals surface area contributed by atoms with Crippen LogP contribution in [-0.2, 0) is 19.9 Å². The van der Waals surface area contributed by atoms with E-state index in [1.165, 1.54) is 17.7 Å². The molecular weight excluding hydrogens is 265 g/mol. The first-order valence-electron chi connectivity index (χ1n) is 6.17. The van der Waals surface area contributed by atoms with Gasteiger partial charge in [0.25, 0.3) is 0 Å². The van der Waals surface area contributed by atoms with Gasteiger partial charge in [0.1, 0.15) is 5.82 Å². The molecule has 0 radical (unpaired) electrons. The quantitative estimate of drug-likeness (QED) is 0.913. The molecule has 1 aromatic heterocycles. The highest BCUT2D eigenvalue weighted by molar-refractivity contribution is 6.31. The number of benzene rings is 1. The van der Waals surface area contributed by atoms with Crippen LogP contribution in [0.2, 0.25) is 5.02 Å². The Morgan fingerprint density at radius 2 is 2.21 bits per heavy atom. The van der Waals surface area contributed by atoms with Crippen molar-refractivity contribution in [3.63, 3.8) is 0 Å².